The summed E-state index contributed by atoms with van der Waals surface area (Å²) in [7, 11) is -1.25. The van der Waals surface area contributed by atoms with Crippen molar-refractivity contribution in [2.24, 2.45) is 5.92 Å². The maximum Gasteiger partial charge on any atom is 0.306 e. The van der Waals surface area contributed by atoms with Crippen molar-refractivity contribution >= 4 is 14.0 Å². The smallest absolute Gasteiger partial charge is 0.306 e. The van der Waals surface area contributed by atoms with Crippen molar-refractivity contribution in [2.75, 3.05) is 0 Å². The Morgan fingerprint density at radius 1 is 1.58 bits per heavy atom. The van der Waals surface area contributed by atoms with Crippen LogP contribution in [0, 0.1) is 5.92 Å². The van der Waals surface area contributed by atoms with Gasteiger partial charge in [-0.25, -0.2) is 0 Å². The van der Waals surface area contributed by atoms with Crippen molar-refractivity contribution in [1.29, 1.82) is 0 Å². The number of rotatable bonds is 5. The summed E-state index contributed by atoms with van der Waals surface area (Å²) >= 11 is 0. The Balaban J connectivity index is 4.13. The average molecular weight is 186 g/mol. The largest absolute Gasteiger partial charge is 0.481 e. The molecule has 0 aliphatic rings. The molecule has 1 atom stereocenters. The standard InChI is InChI=1S/C9H18O2Si/c1-5-6-8(9(10)11)7-12(2,3)4/h5,8H,1,6-7H2,2-4H3,(H,10,11). The minimum Gasteiger partial charge on any atom is -0.481 e. The fourth-order valence-electron chi connectivity index (χ4n) is 1.21. The van der Waals surface area contributed by atoms with E-state index in [0.29, 0.717) is 6.42 Å². The zero-order valence-corrected chi connectivity index (χ0v) is 9.13. The Kier molecular flexibility index (Phi) is 4.24. The lowest BCUT2D eigenvalue weighted by Crippen LogP contribution is -2.27. The number of carbonyl (C=O) groups is 1. The van der Waals surface area contributed by atoms with E-state index < -0.39 is 14.0 Å². The topological polar surface area (TPSA) is 37.3 Å². The highest BCUT2D eigenvalue weighted by Gasteiger charge is 2.24. The van der Waals surface area contributed by atoms with Gasteiger partial charge in [0.05, 0.1) is 5.92 Å². The summed E-state index contributed by atoms with van der Waals surface area (Å²) < 4.78 is 0. The Morgan fingerprint density at radius 3 is 2.33 bits per heavy atom. The molecule has 1 N–H and O–H groups in total. The highest BCUT2D eigenvalue weighted by molar-refractivity contribution is 6.76. The molecule has 0 saturated carbocycles. The summed E-state index contributed by atoms with van der Waals surface area (Å²) in [5.74, 6) is -0.897. The molecule has 0 aromatic carbocycles. The number of hydrogen-bond donors (Lipinski definition) is 1. The molecule has 0 bridgehead atoms. The summed E-state index contributed by atoms with van der Waals surface area (Å²) in [6, 6.07) is 0.842. The van der Waals surface area contributed by atoms with E-state index in [1.807, 2.05) is 0 Å². The van der Waals surface area contributed by atoms with Gasteiger partial charge in [-0.3, -0.25) is 4.79 Å². The maximum atomic E-state index is 10.7. The second-order valence-corrected chi connectivity index (χ2v) is 9.85. The predicted molar refractivity (Wildman–Crippen MR) is 54.1 cm³/mol. The number of carboxylic acids is 1. The third-order valence-electron chi connectivity index (χ3n) is 1.66. The first-order valence-electron chi connectivity index (χ1n) is 4.20. The van der Waals surface area contributed by atoms with Crippen molar-refractivity contribution < 1.29 is 9.90 Å². The van der Waals surface area contributed by atoms with Crippen LogP contribution in [0.5, 0.6) is 0 Å². The van der Waals surface area contributed by atoms with Crippen molar-refractivity contribution in [3.8, 4) is 0 Å². The van der Waals surface area contributed by atoms with Crippen LogP contribution in [0.1, 0.15) is 6.42 Å². The highest BCUT2D eigenvalue weighted by atomic mass is 28.3. The first-order chi connectivity index (χ1) is 5.37. The minimum atomic E-state index is -1.25. The van der Waals surface area contributed by atoms with E-state index in [9.17, 15) is 4.79 Å². The molecule has 0 aliphatic heterocycles. The Bertz CT molecular complexity index is 170. The van der Waals surface area contributed by atoms with Crippen molar-refractivity contribution in [3.63, 3.8) is 0 Å². The van der Waals surface area contributed by atoms with E-state index >= 15 is 0 Å². The van der Waals surface area contributed by atoms with Crippen LogP contribution in [-0.2, 0) is 4.79 Å². The van der Waals surface area contributed by atoms with Gasteiger partial charge >= 0.3 is 5.97 Å². The van der Waals surface area contributed by atoms with Gasteiger partial charge < -0.3 is 5.11 Å². The van der Waals surface area contributed by atoms with E-state index in [1.165, 1.54) is 0 Å². The first-order valence-corrected chi connectivity index (χ1v) is 7.91. The van der Waals surface area contributed by atoms with Crippen LogP contribution < -0.4 is 0 Å². The lowest BCUT2D eigenvalue weighted by molar-refractivity contribution is -0.141. The Morgan fingerprint density at radius 2 is 2.08 bits per heavy atom. The molecule has 1 unspecified atom stereocenters. The van der Waals surface area contributed by atoms with E-state index in [4.69, 9.17) is 5.11 Å². The molecule has 0 aromatic rings. The van der Waals surface area contributed by atoms with E-state index in [1.54, 1.807) is 6.08 Å². The molecule has 70 valence electrons. The minimum absolute atomic E-state index is 0.214. The van der Waals surface area contributed by atoms with E-state index in [-0.39, 0.29) is 5.92 Å². The summed E-state index contributed by atoms with van der Waals surface area (Å²) in [5, 5.41) is 8.84. The third kappa shape index (κ3) is 5.13. The van der Waals surface area contributed by atoms with Crippen molar-refractivity contribution in [3.05, 3.63) is 12.7 Å². The first kappa shape index (κ1) is 11.4. The molecule has 12 heavy (non-hydrogen) atoms. The van der Waals surface area contributed by atoms with Crippen LogP contribution in [0.25, 0.3) is 0 Å². The number of aliphatic carboxylic acids is 1. The highest BCUT2D eigenvalue weighted by Crippen LogP contribution is 2.20. The predicted octanol–water partition coefficient (Wildman–Crippen LogP) is 2.60. The number of carboxylic acid groups (broad SMARTS) is 1. The van der Waals surface area contributed by atoms with Crippen LogP contribution >= 0.6 is 0 Å². The molecule has 0 amide bonds. The van der Waals surface area contributed by atoms with E-state index in [2.05, 4.69) is 26.2 Å². The van der Waals surface area contributed by atoms with Gasteiger partial charge in [0.2, 0.25) is 0 Å². The zero-order valence-electron chi connectivity index (χ0n) is 8.13. The van der Waals surface area contributed by atoms with Gasteiger partial charge in [0, 0.05) is 8.07 Å². The normalized spacial score (nSPS) is 13.9. The molecule has 0 radical (unpaired) electrons. The molecule has 2 nitrogen and oxygen atoms in total. The average Bonchev–Trinajstić information content (AvgIpc) is 1.83. The molecule has 0 heterocycles. The van der Waals surface area contributed by atoms with Gasteiger partial charge in [0.25, 0.3) is 0 Å². The van der Waals surface area contributed by atoms with Crippen LogP contribution in [0.15, 0.2) is 12.7 Å². The van der Waals surface area contributed by atoms with Gasteiger partial charge in [-0.05, 0) is 12.5 Å². The molecule has 0 aromatic heterocycles. The summed E-state index contributed by atoms with van der Waals surface area (Å²) in [5.41, 5.74) is 0. The van der Waals surface area contributed by atoms with Gasteiger partial charge in [0.1, 0.15) is 0 Å². The lowest BCUT2D eigenvalue weighted by atomic mass is 10.1. The van der Waals surface area contributed by atoms with Gasteiger partial charge in [-0.1, -0.05) is 25.7 Å². The number of allylic oxidation sites excluding steroid dienone is 1. The van der Waals surface area contributed by atoms with E-state index in [0.717, 1.165) is 6.04 Å². The van der Waals surface area contributed by atoms with Crippen molar-refractivity contribution in [2.45, 2.75) is 32.1 Å². The van der Waals surface area contributed by atoms with Crippen LogP contribution in [-0.4, -0.2) is 19.1 Å². The number of hydrogen-bond acceptors (Lipinski definition) is 1. The quantitative estimate of drug-likeness (QED) is 0.529. The molecule has 3 heteroatoms. The molecular formula is C9H18O2Si. The van der Waals surface area contributed by atoms with Crippen LogP contribution in [0.4, 0.5) is 0 Å². The Labute approximate surface area is 75.3 Å². The zero-order chi connectivity index (χ0) is 9.78. The molecular weight excluding hydrogens is 168 g/mol. The van der Waals surface area contributed by atoms with Crippen LogP contribution in [0.3, 0.4) is 0 Å². The molecule has 0 rings (SSSR count). The molecule has 0 fully saturated rings. The monoisotopic (exact) mass is 186 g/mol. The second kappa shape index (κ2) is 4.45. The van der Waals surface area contributed by atoms with Gasteiger partial charge in [-0.15, -0.1) is 6.58 Å². The summed E-state index contributed by atoms with van der Waals surface area (Å²) in [4.78, 5) is 10.7. The lowest BCUT2D eigenvalue weighted by Gasteiger charge is -2.20. The fraction of sp³-hybridized carbons (Fsp3) is 0.667. The van der Waals surface area contributed by atoms with Gasteiger partial charge in [-0.2, -0.15) is 0 Å². The third-order valence-corrected chi connectivity index (χ3v) is 3.38. The van der Waals surface area contributed by atoms with Crippen molar-refractivity contribution in [1.82, 2.24) is 0 Å². The fourth-order valence-corrected chi connectivity index (χ4v) is 3.03. The van der Waals surface area contributed by atoms with Crippen LogP contribution in [0.2, 0.25) is 25.7 Å². The molecule has 0 saturated heterocycles. The second-order valence-electron chi connectivity index (χ2n) is 4.32. The molecule has 0 spiro atoms. The maximum absolute atomic E-state index is 10.7. The Hall–Kier alpha value is -0.573. The SMILES string of the molecule is C=CCC(C[Si](C)(C)C)C(=O)O. The molecule has 0 aliphatic carbocycles. The summed E-state index contributed by atoms with van der Waals surface area (Å²) in [6.07, 6.45) is 2.29. The summed E-state index contributed by atoms with van der Waals surface area (Å²) in [6.45, 7) is 10.1. The van der Waals surface area contributed by atoms with Gasteiger partial charge in [0.15, 0.2) is 0 Å².